The van der Waals surface area contributed by atoms with Gasteiger partial charge < -0.3 is 9.80 Å². The van der Waals surface area contributed by atoms with Crippen molar-refractivity contribution in [3.8, 4) is 0 Å². The van der Waals surface area contributed by atoms with Crippen molar-refractivity contribution in [2.75, 3.05) is 41.3 Å². The minimum atomic E-state index is 0.741. The molecule has 0 aliphatic rings. The highest BCUT2D eigenvalue weighted by molar-refractivity contribution is 14.1. The Morgan fingerprint density at radius 2 is 1.36 bits per heavy atom. The maximum Gasteiger partial charge on any atom is 0.0280 e. The average molecular weight is 312 g/mol. The van der Waals surface area contributed by atoms with Gasteiger partial charge in [0.05, 0.1) is 0 Å². The predicted molar refractivity (Wildman–Crippen MR) is 73.2 cm³/mol. The van der Waals surface area contributed by atoms with Crippen molar-refractivity contribution in [1.82, 2.24) is 9.80 Å². The lowest BCUT2D eigenvalue weighted by atomic mass is 9.92. The van der Waals surface area contributed by atoms with Crippen molar-refractivity contribution in [2.24, 2.45) is 11.8 Å². The van der Waals surface area contributed by atoms with Crippen LogP contribution in [0.5, 0.6) is 0 Å². The van der Waals surface area contributed by atoms with Gasteiger partial charge in [-0.2, -0.15) is 0 Å². The molecule has 0 aromatic rings. The van der Waals surface area contributed by atoms with Gasteiger partial charge in [0, 0.05) is 17.0 Å². The summed E-state index contributed by atoms with van der Waals surface area (Å²) in [6.45, 7) is 7.03. The molecule has 0 heterocycles. The van der Waals surface area contributed by atoms with E-state index in [-0.39, 0.29) is 0 Å². The van der Waals surface area contributed by atoms with Gasteiger partial charge in [-0.3, -0.25) is 0 Å². The lowest BCUT2D eigenvalue weighted by molar-refractivity contribution is 0.247. The summed E-state index contributed by atoms with van der Waals surface area (Å²) < 4.78 is 0.741. The van der Waals surface area contributed by atoms with Crippen molar-refractivity contribution in [1.29, 1.82) is 0 Å². The predicted octanol–water partition coefficient (Wildman–Crippen LogP) is 2.19. The lowest BCUT2D eigenvalue weighted by Crippen LogP contribution is -2.36. The third-order valence-electron chi connectivity index (χ3n) is 2.44. The Balaban J connectivity index is 4.18. The van der Waals surface area contributed by atoms with Crippen LogP contribution in [0.2, 0.25) is 0 Å². The molecule has 3 heteroatoms. The molecule has 2 nitrogen and oxygen atoms in total. The van der Waals surface area contributed by atoms with Crippen molar-refractivity contribution in [2.45, 2.75) is 17.8 Å². The molecule has 0 aliphatic carbocycles. The van der Waals surface area contributed by atoms with E-state index in [1.807, 2.05) is 0 Å². The van der Waals surface area contributed by atoms with E-state index >= 15 is 0 Å². The Hall–Kier alpha value is 0.650. The van der Waals surface area contributed by atoms with E-state index < -0.39 is 0 Å². The first kappa shape index (κ1) is 14.6. The summed E-state index contributed by atoms with van der Waals surface area (Å²) in [7, 11) is 8.63. The normalized spacial score (nSPS) is 16.7. The van der Waals surface area contributed by atoms with E-state index in [4.69, 9.17) is 0 Å². The Morgan fingerprint density at radius 3 is 1.64 bits per heavy atom. The molecule has 0 aliphatic heterocycles. The first-order valence-corrected chi connectivity index (χ1v) is 6.52. The largest absolute Gasteiger partial charge is 0.309 e. The van der Waals surface area contributed by atoms with Crippen LogP contribution in [0, 0.1) is 11.8 Å². The summed E-state index contributed by atoms with van der Waals surface area (Å²) in [5, 5.41) is 0. The molecule has 0 rings (SSSR count). The molecule has 0 fully saturated rings. The van der Waals surface area contributed by atoms with Crippen LogP contribution in [0.1, 0.15) is 13.8 Å². The van der Waals surface area contributed by atoms with Crippen LogP contribution in [0.15, 0.2) is 0 Å². The first-order valence-electron chi connectivity index (χ1n) is 5.28. The monoisotopic (exact) mass is 312 g/mol. The topological polar surface area (TPSA) is 6.48 Å². The van der Waals surface area contributed by atoms with Crippen LogP contribution in [-0.2, 0) is 0 Å². The molecular weight excluding hydrogens is 287 g/mol. The Bertz CT molecular complexity index is 146. The summed E-state index contributed by atoms with van der Waals surface area (Å²) in [5.41, 5.74) is 0. The van der Waals surface area contributed by atoms with Crippen LogP contribution in [-0.4, -0.2) is 55.0 Å². The summed E-state index contributed by atoms with van der Waals surface area (Å²) >= 11 is 2.60. The van der Waals surface area contributed by atoms with Crippen molar-refractivity contribution < 1.29 is 0 Å². The van der Waals surface area contributed by atoms with Gasteiger partial charge in [0.15, 0.2) is 0 Å². The van der Waals surface area contributed by atoms with Gasteiger partial charge in [0.25, 0.3) is 0 Å². The van der Waals surface area contributed by atoms with Crippen LogP contribution >= 0.6 is 22.6 Å². The molecule has 0 radical (unpaired) electrons. The van der Waals surface area contributed by atoms with Gasteiger partial charge in [0.1, 0.15) is 0 Å². The minimum absolute atomic E-state index is 0.741. The van der Waals surface area contributed by atoms with Crippen molar-refractivity contribution in [3.63, 3.8) is 0 Å². The van der Waals surface area contributed by atoms with E-state index in [0.29, 0.717) is 0 Å². The fraction of sp³-hybridized carbons (Fsp3) is 1.00. The Morgan fingerprint density at radius 1 is 0.929 bits per heavy atom. The molecule has 0 saturated heterocycles. The summed E-state index contributed by atoms with van der Waals surface area (Å²) in [6.07, 6.45) is 0. The number of alkyl halides is 1. The second-order valence-electron chi connectivity index (χ2n) is 4.95. The zero-order valence-corrected chi connectivity index (χ0v) is 12.6. The number of rotatable bonds is 6. The maximum atomic E-state index is 2.60. The number of halogens is 1. The maximum absolute atomic E-state index is 2.60. The van der Waals surface area contributed by atoms with E-state index in [1.54, 1.807) is 0 Å². The standard InChI is InChI=1S/C11H25IN2/c1-9(2)10(7-13(3)4)11(12)8-14(5)6/h9-11H,7-8H2,1-6H3. The summed E-state index contributed by atoms with van der Waals surface area (Å²) in [5.74, 6) is 1.55. The molecule has 14 heavy (non-hydrogen) atoms. The van der Waals surface area contributed by atoms with Crippen molar-refractivity contribution >= 4 is 22.6 Å². The third kappa shape index (κ3) is 6.19. The van der Waals surface area contributed by atoms with Crippen LogP contribution < -0.4 is 0 Å². The minimum Gasteiger partial charge on any atom is -0.309 e. The SMILES string of the molecule is CC(C)C(CN(C)C)C(I)CN(C)C. The summed E-state index contributed by atoms with van der Waals surface area (Å²) in [6, 6.07) is 0. The fourth-order valence-electron chi connectivity index (χ4n) is 1.65. The smallest absolute Gasteiger partial charge is 0.0280 e. The quantitative estimate of drug-likeness (QED) is 0.548. The number of hydrogen-bond donors (Lipinski definition) is 0. The number of hydrogen-bond acceptors (Lipinski definition) is 2. The molecule has 2 unspecified atom stereocenters. The highest BCUT2D eigenvalue weighted by atomic mass is 127. The van der Waals surface area contributed by atoms with Crippen LogP contribution in [0.3, 0.4) is 0 Å². The van der Waals surface area contributed by atoms with Gasteiger partial charge >= 0.3 is 0 Å². The molecule has 2 atom stereocenters. The first-order chi connectivity index (χ1) is 6.34. The molecule has 0 N–H and O–H groups in total. The molecule has 86 valence electrons. The van der Waals surface area contributed by atoms with Gasteiger partial charge in [-0.15, -0.1) is 0 Å². The Kier molecular flexibility index (Phi) is 7.34. The van der Waals surface area contributed by atoms with Gasteiger partial charge in [-0.05, 0) is 40.0 Å². The number of nitrogens with zero attached hydrogens (tertiary/aromatic N) is 2. The highest BCUT2D eigenvalue weighted by Gasteiger charge is 2.23. The average Bonchev–Trinajstić information content (AvgIpc) is 1.97. The molecule has 0 aromatic heterocycles. The van der Waals surface area contributed by atoms with E-state index in [2.05, 4.69) is 74.4 Å². The molecule has 0 saturated carbocycles. The van der Waals surface area contributed by atoms with Gasteiger partial charge in [-0.1, -0.05) is 36.4 Å². The molecule has 0 spiro atoms. The lowest BCUT2D eigenvalue weighted by Gasteiger charge is -2.30. The second-order valence-corrected chi connectivity index (χ2v) is 6.55. The zero-order valence-electron chi connectivity index (χ0n) is 10.4. The van der Waals surface area contributed by atoms with Gasteiger partial charge in [-0.25, -0.2) is 0 Å². The highest BCUT2D eigenvalue weighted by Crippen LogP contribution is 2.23. The van der Waals surface area contributed by atoms with Gasteiger partial charge in [0.2, 0.25) is 0 Å². The van der Waals surface area contributed by atoms with Crippen molar-refractivity contribution in [3.05, 3.63) is 0 Å². The van der Waals surface area contributed by atoms with Crippen LogP contribution in [0.4, 0.5) is 0 Å². The third-order valence-corrected chi connectivity index (χ3v) is 3.75. The molecular formula is C11H25IN2. The Labute approximate surface area is 103 Å². The molecule has 0 aromatic carbocycles. The van der Waals surface area contributed by atoms with E-state index in [9.17, 15) is 0 Å². The second kappa shape index (κ2) is 7.01. The molecule has 0 bridgehead atoms. The summed E-state index contributed by atoms with van der Waals surface area (Å²) in [4.78, 5) is 4.58. The fourth-order valence-corrected chi connectivity index (χ4v) is 3.49. The van der Waals surface area contributed by atoms with Crippen LogP contribution in [0.25, 0.3) is 0 Å². The van der Waals surface area contributed by atoms with E-state index in [0.717, 1.165) is 15.8 Å². The zero-order chi connectivity index (χ0) is 11.3. The van der Waals surface area contributed by atoms with E-state index in [1.165, 1.54) is 13.1 Å². The molecule has 0 amide bonds.